The summed E-state index contributed by atoms with van der Waals surface area (Å²) in [6, 6.07) is 24.6. The van der Waals surface area contributed by atoms with Crippen molar-refractivity contribution in [2.45, 2.75) is 12.6 Å². The Morgan fingerprint density at radius 3 is 2.24 bits per heavy atom. The highest BCUT2D eigenvalue weighted by atomic mass is 16.5. The predicted molar refractivity (Wildman–Crippen MR) is 127 cm³/mol. The van der Waals surface area contributed by atoms with Crippen LogP contribution in [-0.2, 0) is 11.3 Å². The summed E-state index contributed by atoms with van der Waals surface area (Å²) in [6.07, 6.45) is 0. The molecule has 0 saturated carbocycles. The van der Waals surface area contributed by atoms with Crippen LogP contribution in [0.3, 0.4) is 0 Å². The highest BCUT2D eigenvalue weighted by Gasteiger charge is 2.39. The van der Waals surface area contributed by atoms with Gasteiger partial charge in [-0.1, -0.05) is 60.7 Å². The molecule has 2 amide bonds. The summed E-state index contributed by atoms with van der Waals surface area (Å²) in [4.78, 5) is 32.9. The van der Waals surface area contributed by atoms with E-state index in [9.17, 15) is 9.59 Å². The van der Waals surface area contributed by atoms with E-state index in [-0.39, 0.29) is 11.8 Å². The minimum atomic E-state index is -0.635. The highest BCUT2D eigenvalue weighted by molar-refractivity contribution is 6.01. The molecule has 3 aromatic carbocycles. The van der Waals surface area contributed by atoms with E-state index < -0.39 is 6.04 Å². The molecule has 5 rings (SSSR count). The second-order valence-corrected chi connectivity index (χ2v) is 8.39. The molecule has 6 nitrogen and oxygen atoms in total. The van der Waals surface area contributed by atoms with Gasteiger partial charge >= 0.3 is 0 Å². The number of hydrogen-bond donors (Lipinski definition) is 0. The van der Waals surface area contributed by atoms with Crippen molar-refractivity contribution in [3.63, 3.8) is 0 Å². The zero-order valence-corrected chi connectivity index (χ0v) is 18.7. The van der Waals surface area contributed by atoms with Crippen molar-refractivity contribution in [2.24, 2.45) is 0 Å². The molecule has 33 heavy (non-hydrogen) atoms. The lowest BCUT2D eigenvalue weighted by Crippen LogP contribution is -2.52. The van der Waals surface area contributed by atoms with Crippen molar-refractivity contribution >= 4 is 17.5 Å². The van der Waals surface area contributed by atoms with Crippen molar-refractivity contribution in [1.29, 1.82) is 0 Å². The molecule has 1 atom stereocenters. The molecule has 6 heteroatoms. The first kappa shape index (κ1) is 21.1. The van der Waals surface area contributed by atoms with Crippen LogP contribution in [0.1, 0.15) is 27.5 Å². The standard InChI is InChI=1S/C27H27N3O3/c1-33-24-14-8-7-13-23(24)28-15-17-29(18-16-28)27(32)25(20-9-3-2-4-10-20)30-19-21-11-5-6-12-22(21)26(30)31/h2-14,25H,15-19H2,1H3/t25-/m0/s1. The maximum Gasteiger partial charge on any atom is 0.255 e. The first-order valence-corrected chi connectivity index (χ1v) is 11.3. The van der Waals surface area contributed by atoms with E-state index in [4.69, 9.17) is 4.74 Å². The Balaban J connectivity index is 1.37. The summed E-state index contributed by atoms with van der Waals surface area (Å²) in [5.74, 6) is 0.724. The molecule has 2 aliphatic heterocycles. The number of carbonyl (C=O) groups excluding carboxylic acids is 2. The number of nitrogens with zero attached hydrogens (tertiary/aromatic N) is 3. The number of amides is 2. The third-order valence-corrected chi connectivity index (χ3v) is 6.53. The largest absolute Gasteiger partial charge is 0.495 e. The zero-order valence-electron chi connectivity index (χ0n) is 18.7. The molecule has 0 N–H and O–H groups in total. The number of piperazine rings is 1. The highest BCUT2D eigenvalue weighted by Crippen LogP contribution is 2.34. The van der Waals surface area contributed by atoms with Crippen LogP contribution in [-0.4, -0.2) is 54.9 Å². The lowest BCUT2D eigenvalue weighted by atomic mass is 10.0. The average Bonchev–Trinajstić information content (AvgIpc) is 3.21. The van der Waals surface area contributed by atoms with Gasteiger partial charge in [-0.3, -0.25) is 9.59 Å². The molecule has 0 unspecified atom stereocenters. The van der Waals surface area contributed by atoms with Crippen LogP contribution >= 0.6 is 0 Å². The molecule has 0 spiro atoms. The van der Waals surface area contributed by atoms with Crippen LogP contribution in [0.4, 0.5) is 5.69 Å². The average molecular weight is 442 g/mol. The van der Waals surface area contributed by atoms with Gasteiger partial charge in [-0.25, -0.2) is 0 Å². The fraction of sp³-hybridized carbons (Fsp3) is 0.259. The van der Waals surface area contributed by atoms with Crippen LogP contribution in [0.25, 0.3) is 0 Å². The molecule has 2 heterocycles. The van der Waals surface area contributed by atoms with Gasteiger partial charge in [0.25, 0.3) is 5.91 Å². The molecule has 1 saturated heterocycles. The summed E-state index contributed by atoms with van der Waals surface area (Å²) < 4.78 is 5.51. The van der Waals surface area contributed by atoms with Crippen molar-refractivity contribution < 1.29 is 14.3 Å². The van der Waals surface area contributed by atoms with Crippen molar-refractivity contribution in [1.82, 2.24) is 9.80 Å². The van der Waals surface area contributed by atoms with Gasteiger partial charge in [-0.15, -0.1) is 0 Å². The van der Waals surface area contributed by atoms with E-state index in [1.165, 1.54) is 0 Å². The molecular formula is C27H27N3O3. The van der Waals surface area contributed by atoms with Gasteiger partial charge in [0.05, 0.1) is 12.8 Å². The molecule has 168 valence electrons. The molecule has 1 fully saturated rings. The summed E-state index contributed by atoms with van der Waals surface area (Å²) in [5, 5.41) is 0. The van der Waals surface area contributed by atoms with Crippen molar-refractivity contribution in [3.05, 3.63) is 95.6 Å². The number of para-hydroxylation sites is 2. The number of carbonyl (C=O) groups is 2. The lowest BCUT2D eigenvalue weighted by Gasteiger charge is -2.39. The van der Waals surface area contributed by atoms with Gasteiger partial charge in [0, 0.05) is 38.3 Å². The minimum absolute atomic E-state index is 0.0259. The van der Waals surface area contributed by atoms with E-state index in [2.05, 4.69) is 4.90 Å². The molecule has 0 radical (unpaired) electrons. The Morgan fingerprint density at radius 1 is 0.848 bits per heavy atom. The number of ether oxygens (including phenoxy) is 1. The second-order valence-electron chi connectivity index (χ2n) is 8.39. The van der Waals surface area contributed by atoms with Gasteiger partial charge in [0.15, 0.2) is 0 Å². The number of rotatable bonds is 5. The molecular weight excluding hydrogens is 414 g/mol. The maximum absolute atomic E-state index is 13.8. The first-order chi connectivity index (χ1) is 16.2. The fourth-order valence-electron chi connectivity index (χ4n) is 4.81. The number of benzene rings is 3. The number of fused-ring (bicyclic) bond motifs is 1. The summed E-state index contributed by atoms with van der Waals surface area (Å²) in [7, 11) is 1.67. The monoisotopic (exact) mass is 441 g/mol. The summed E-state index contributed by atoms with van der Waals surface area (Å²) >= 11 is 0. The normalized spacial score (nSPS) is 16.5. The topological polar surface area (TPSA) is 53.1 Å². The molecule has 0 aliphatic carbocycles. The Morgan fingerprint density at radius 2 is 1.52 bits per heavy atom. The fourth-order valence-corrected chi connectivity index (χ4v) is 4.81. The van der Waals surface area contributed by atoms with Crippen LogP contribution in [0.5, 0.6) is 5.75 Å². The predicted octanol–water partition coefficient (Wildman–Crippen LogP) is 3.74. The molecule has 2 aliphatic rings. The van der Waals surface area contributed by atoms with Gasteiger partial charge in [-0.2, -0.15) is 0 Å². The van der Waals surface area contributed by atoms with Crippen LogP contribution in [0, 0.1) is 0 Å². The van der Waals surface area contributed by atoms with Crippen molar-refractivity contribution in [2.75, 3.05) is 38.2 Å². The van der Waals surface area contributed by atoms with Gasteiger partial charge < -0.3 is 19.4 Å². The molecule has 3 aromatic rings. The minimum Gasteiger partial charge on any atom is -0.495 e. The Kier molecular flexibility index (Phi) is 5.73. The Labute approximate surface area is 194 Å². The van der Waals surface area contributed by atoms with Crippen LogP contribution in [0.2, 0.25) is 0 Å². The van der Waals surface area contributed by atoms with E-state index in [1.54, 1.807) is 12.0 Å². The number of methoxy groups -OCH3 is 1. The molecule has 0 aromatic heterocycles. The zero-order chi connectivity index (χ0) is 22.8. The molecule has 0 bridgehead atoms. The van der Waals surface area contributed by atoms with Crippen LogP contribution in [0.15, 0.2) is 78.9 Å². The Bertz CT molecular complexity index is 1160. The number of anilines is 1. The van der Waals surface area contributed by atoms with Gasteiger partial charge in [-0.05, 0) is 29.3 Å². The Hall–Kier alpha value is -3.80. The number of hydrogen-bond acceptors (Lipinski definition) is 4. The smallest absolute Gasteiger partial charge is 0.255 e. The third-order valence-electron chi connectivity index (χ3n) is 6.53. The van der Waals surface area contributed by atoms with Crippen molar-refractivity contribution in [3.8, 4) is 5.75 Å². The van der Waals surface area contributed by atoms with E-state index in [1.807, 2.05) is 83.8 Å². The second kappa shape index (κ2) is 8.98. The van der Waals surface area contributed by atoms with E-state index in [0.29, 0.717) is 38.3 Å². The quantitative estimate of drug-likeness (QED) is 0.605. The summed E-state index contributed by atoms with van der Waals surface area (Å²) in [5.41, 5.74) is 3.54. The van der Waals surface area contributed by atoms with E-state index >= 15 is 0 Å². The maximum atomic E-state index is 13.8. The van der Waals surface area contributed by atoms with Gasteiger partial charge in [0.2, 0.25) is 5.91 Å². The van der Waals surface area contributed by atoms with Crippen LogP contribution < -0.4 is 9.64 Å². The third kappa shape index (κ3) is 3.93. The SMILES string of the molecule is COc1ccccc1N1CCN(C(=O)[C@H](c2ccccc2)N2Cc3ccccc3C2=O)CC1. The van der Waals surface area contributed by atoms with Gasteiger partial charge in [0.1, 0.15) is 11.8 Å². The van der Waals surface area contributed by atoms with E-state index in [0.717, 1.165) is 22.6 Å². The lowest BCUT2D eigenvalue weighted by molar-refractivity contribution is -0.136. The summed E-state index contributed by atoms with van der Waals surface area (Å²) in [6.45, 7) is 3.05. The first-order valence-electron chi connectivity index (χ1n) is 11.3.